The zero-order chi connectivity index (χ0) is 15.5. The van der Waals surface area contributed by atoms with Crippen molar-refractivity contribution in [2.75, 3.05) is 7.11 Å². The van der Waals surface area contributed by atoms with Gasteiger partial charge < -0.3 is 4.74 Å². The molecule has 0 radical (unpaired) electrons. The van der Waals surface area contributed by atoms with E-state index < -0.39 is 5.54 Å². The summed E-state index contributed by atoms with van der Waals surface area (Å²) in [7, 11) is 1.51. The highest BCUT2D eigenvalue weighted by Crippen LogP contribution is 2.45. The molecular formula is C17H27NO2S. The number of methoxy groups -OCH3 is 1. The number of nitrogens with one attached hydrogen (secondary N) is 1. The highest BCUT2D eigenvalue weighted by Gasteiger charge is 2.51. The van der Waals surface area contributed by atoms with E-state index in [9.17, 15) is 4.79 Å². The fraction of sp³-hybridized carbons (Fsp3) is 0.706. The normalized spacial score (nSPS) is 26.6. The summed E-state index contributed by atoms with van der Waals surface area (Å²) in [5.41, 5.74) is -0.466. The summed E-state index contributed by atoms with van der Waals surface area (Å²) < 4.78 is 5.19. The number of thiophene rings is 1. The van der Waals surface area contributed by atoms with Crippen molar-refractivity contribution >= 4 is 17.3 Å². The Morgan fingerprint density at radius 1 is 1.48 bits per heavy atom. The summed E-state index contributed by atoms with van der Waals surface area (Å²) in [6.07, 6.45) is 4.23. The summed E-state index contributed by atoms with van der Waals surface area (Å²) >= 11 is 1.72. The maximum Gasteiger partial charge on any atom is 0.326 e. The predicted octanol–water partition coefficient (Wildman–Crippen LogP) is 3.99. The standard InChI is InChI=1S/C17H27NO2S/c1-16(2,3)14-9-5-6-10-17(14,15(19)20-4)18-12-13-8-7-11-21-13/h7-8,11,14,18H,5-6,9-10,12H2,1-4H3. The summed E-state index contributed by atoms with van der Waals surface area (Å²) in [6.45, 7) is 7.42. The van der Waals surface area contributed by atoms with Gasteiger partial charge in [0.15, 0.2) is 0 Å². The average Bonchev–Trinajstić information content (AvgIpc) is 2.96. The van der Waals surface area contributed by atoms with Crippen LogP contribution in [0, 0.1) is 11.3 Å². The fourth-order valence-corrected chi connectivity index (χ4v) is 4.36. The Balaban J connectivity index is 2.27. The largest absolute Gasteiger partial charge is 0.468 e. The van der Waals surface area contributed by atoms with Crippen LogP contribution in [0.3, 0.4) is 0 Å². The second-order valence-corrected chi connectivity index (χ2v) is 8.09. The summed E-state index contributed by atoms with van der Waals surface area (Å²) in [5.74, 6) is 0.199. The van der Waals surface area contributed by atoms with E-state index in [0.29, 0.717) is 5.92 Å². The van der Waals surface area contributed by atoms with E-state index in [2.05, 4.69) is 43.6 Å². The van der Waals surface area contributed by atoms with Crippen molar-refractivity contribution in [3.8, 4) is 0 Å². The Bertz CT molecular complexity index is 464. The minimum absolute atomic E-state index is 0.0804. The lowest BCUT2D eigenvalue weighted by molar-refractivity contribution is -0.156. The first-order valence-corrected chi connectivity index (χ1v) is 8.64. The van der Waals surface area contributed by atoms with Gasteiger partial charge in [0.05, 0.1) is 7.11 Å². The molecule has 1 aliphatic carbocycles. The first-order valence-electron chi connectivity index (χ1n) is 7.76. The van der Waals surface area contributed by atoms with Crippen LogP contribution in [0.4, 0.5) is 0 Å². The zero-order valence-electron chi connectivity index (χ0n) is 13.6. The van der Waals surface area contributed by atoms with Crippen molar-refractivity contribution in [1.82, 2.24) is 5.32 Å². The minimum atomic E-state index is -0.546. The van der Waals surface area contributed by atoms with Gasteiger partial charge in [-0.15, -0.1) is 11.3 Å². The molecule has 2 unspecified atom stereocenters. The van der Waals surface area contributed by atoms with Gasteiger partial charge in [-0.25, -0.2) is 0 Å². The van der Waals surface area contributed by atoms with E-state index in [1.54, 1.807) is 11.3 Å². The van der Waals surface area contributed by atoms with Crippen LogP contribution >= 0.6 is 11.3 Å². The fourth-order valence-electron chi connectivity index (χ4n) is 3.71. The van der Waals surface area contributed by atoms with Crippen molar-refractivity contribution < 1.29 is 9.53 Å². The third-order valence-electron chi connectivity index (χ3n) is 4.66. The molecule has 21 heavy (non-hydrogen) atoms. The Hall–Kier alpha value is -0.870. The predicted molar refractivity (Wildman–Crippen MR) is 87.3 cm³/mol. The topological polar surface area (TPSA) is 38.3 Å². The number of ether oxygens (including phenoxy) is 1. The summed E-state index contributed by atoms with van der Waals surface area (Å²) in [6, 6.07) is 4.16. The average molecular weight is 309 g/mol. The van der Waals surface area contributed by atoms with Crippen LogP contribution in [0.25, 0.3) is 0 Å². The molecule has 2 rings (SSSR count). The van der Waals surface area contributed by atoms with Crippen molar-refractivity contribution in [2.45, 2.75) is 58.5 Å². The lowest BCUT2D eigenvalue weighted by atomic mass is 9.62. The Morgan fingerprint density at radius 2 is 2.24 bits per heavy atom. The lowest BCUT2D eigenvalue weighted by Crippen LogP contribution is -2.62. The van der Waals surface area contributed by atoms with Crippen LogP contribution in [-0.4, -0.2) is 18.6 Å². The van der Waals surface area contributed by atoms with Crippen LogP contribution in [-0.2, 0) is 16.1 Å². The molecule has 0 aromatic carbocycles. The highest BCUT2D eigenvalue weighted by atomic mass is 32.1. The van der Waals surface area contributed by atoms with Gasteiger partial charge >= 0.3 is 5.97 Å². The van der Waals surface area contributed by atoms with E-state index in [1.807, 2.05) is 0 Å². The van der Waals surface area contributed by atoms with Crippen LogP contribution in [0.2, 0.25) is 0 Å². The van der Waals surface area contributed by atoms with E-state index >= 15 is 0 Å². The molecule has 0 saturated heterocycles. The minimum Gasteiger partial charge on any atom is -0.468 e. The molecule has 1 aromatic heterocycles. The molecule has 1 aliphatic rings. The molecule has 1 saturated carbocycles. The Morgan fingerprint density at radius 3 is 2.81 bits per heavy atom. The van der Waals surface area contributed by atoms with Crippen molar-refractivity contribution in [3.63, 3.8) is 0 Å². The number of carbonyl (C=O) groups excluding carboxylic acids is 1. The first-order chi connectivity index (χ1) is 9.90. The quantitative estimate of drug-likeness (QED) is 0.855. The lowest BCUT2D eigenvalue weighted by Gasteiger charge is -2.48. The molecule has 1 heterocycles. The molecule has 0 aliphatic heterocycles. The van der Waals surface area contributed by atoms with Crippen molar-refractivity contribution in [2.24, 2.45) is 11.3 Å². The molecule has 4 heteroatoms. The van der Waals surface area contributed by atoms with Gasteiger partial charge in [-0.05, 0) is 35.6 Å². The number of carbonyl (C=O) groups is 1. The van der Waals surface area contributed by atoms with Crippen LogP contribution in [0.1, 0.15) is 51.3 Å². The number of esters is 1. The molecule has 3 nitrogen and oxygen atoms in total. The summed E-state index contributed by atoms with van der Waals surface area (Å²) in [5, 5.41) is 5.65. The van der Waals surface area contributed by atoms with E-state index in [0.717, 1.165) is 25.8 Å². The van der Waals surface area contributed by atoms with Gasteiger partial charge in [0.25, 0.3) is 0 Å². The van der Waals surface area contributed by atoms with Gasteiger partial charge in [-0.3, -0.25) is 10.1 Å². The molecule has 0 bridgehead atoms. The van der Waals surface area contributed by atoms with Crippen LogP contribution in [0.15, 0.2) is 17.5 Å². The number of hydrogen-bond acceptors (Lipinski definition) is 4. The molecule has 0 spiro atoms. The van der Waals surface area contributed by atoms with Gasteiger partial charge in [-0.2, -0.15) is 0 Å². The van der Waals surface area contributed by atoms with Gasteiger partial charge in [0, 0.05) is 11.4 Å². The number of rotatable bonds is 4. The van der Waals surface area contributed by atoms with E-state index in [-0.39, 0.29) is 11.4 Å². The first kappa shape index (κ1) is 16.5. The number of hydrogen-bond donors (Lipinski definition) is 1. The van der Waals surface area contributed by atoms with E-state index in [1.165, 1.54) is 18.4 Å². The third kappa shape index (κ3) is 3.49. The molecule has 1 N–H and O–H groups in total. The molecule has 1 aromatic rings. The smallest absolute Gasteiger partial charge is 0.326 e. The third-order valence-corrected chi connectivity index (χ3v) is 5.54. The SMILES string of the molecule is COC(=O)C1(NCc2cccs2)CCCCC1C(C)(C)C. The van der Waals surface area contributed by atoms with Gasteiger partial charge in [0.2, 0.25) is 0 Å². The molecule has 2 atom stereocenters. The maximum absolute atomic E-state index is 12.6. The summed E-state index contributed by atoms with van der Waals surface area (Å²) in [4.78, 5) is 13.9. The zero-order valence-corrected chi connectivity index (χ0v) is 14.4. The second kappa shape index (κ2) is 6.49. The highest BCUT2D eigenvalue weighted by molar-refractivity contribution is 7.09. The molecule has 0 amide bonds. The van der Waals surface area contributed by atoms with Crippen molar-refractivity contribution in [3.05, 3.63) is 22.4 Å². The second-order valence-electron chi connectivity index (χ2n) is 7.06. The Kier molecular flexibility index (Phi) is 5.10. The monoisotopic (exact) mass is 309 g/mol. The van der Waals surface area contributed by atoms with Crippen molar-refractivity contribution in [1.29, 1.82) is 0 Å². The molecular weight excluding hydrogens is 282 g/mol. The maximum atomic E-state index is 12.6. The molecule has 118 valence electrons. The van der Waals surface area contributed by atoms with Crippen LogP contribution in [0.5, 0.6) is 0 Å². The van der Waals surface area contributed by atoms with E-state index in [4.69, 9.17) is 4.74 Å². The van der Waals surface area contributed by atoms with Gasteiger partial charge in [0.1, 0.15) is 5.54 Å². The Labute approximate surface area is 132 Å². The van der Waals surface area contributed by atoms with Gasteiger partial charge in [-0.1, -0.05) is 39.7 Å². The molecule has 1 fully saturated rings. The van der Waals surface area contributed by atoms with Crippen LogP contribution < -0.4 is 5.32 Å².